The van der Waals surface area contributed by atoms with E-state index in [4.69, 9.17) is 16.6 Å². The van der Waals surface area contributed by atoms with Gasteiger partial charge in [-0.25, -0.2) is 14.6 Å². The number of carbonyl (C=O) groups is 1. The summed E-state index contributed by atoms with van der Waals surface area (Å²) >= 11 is 6.26. The van der Waals surface area contributed by atoms with Gasteiger partial charge in [0, 0.05) is 34.7 Å². The molecule has 2 aliphatic heterocycles. The molecule has 3 atom stereocenters. The molecule has 5 aromatic rings. The van der Waals surface area contributed by atoms with Gasteiger partial charge in [-0.2, -0.15) is 13.2 Å². The second-order valence-electron chi connectivity index (χ2n) is 11.0. The zero-order valence-electron chi connectivity index (χ0n) is 22.1. The molecule has 14 heteroatoms. The smallest absolute Gasteiger partial charge is 0.340 e. The second kappa shape index (κ2) is 9.11. The zero-order valence-corrected chi connectivity index (χ0v) is 22.8. The monoisotopic (exact) mass is 604 g/mol. The normalized spacial score (nSPS) is 20.4. The summed E-state index contributed by atoms with van der Waals surface area (Å²) in [5.74, 6) is 1.43. The fourth-order valence-electron chi connectivity index (χ4n) is 6.17. The lowest BCUT2D eigenvalue weighted by Gasteiger charge is -2.18. The number of rotatable bonds is 4. The summed E-state index contributed by atoms with van der Waals surface area (Å²) in [7, 11) is 0. The van der Waals surface area contributed by atoms with Crippen LogP contribution in [0.25, 0.3) is 28.2 Å². The van der Waals surface area contributed by atoms with Crippen molar-refractivity contribution in [3.63, 3.8) is 0 Å². The first kappa shape index (κ1) is 25.9. The number of aromatic nitrogens is 7. The number of amides is 1. The number of hydrogen-bond acceptors (Lipinski definition) is 6. The molecule has 3 aliphatic rings. The molecule has 10 nitrogen and oxygen atoms in total. The molecule has 1 aliphatic carbocycles. The third kappa shape index (κ3) is 4.25. The lowest BCUT2D eigenvalue weighted by atomic mass is 9.99. The van der Waals surface area contributed by atoms with Gasteiger partial charge in [0.2, 0.25) is 5.91 Å². The van der Waals surface area contributed by atoms with E-state index >= 15 is 0 Å². The molecule has 2 aromatic carbocycles. The Bertz CT molecular complexity index is 2030. The van der Waals surface area contributed by atoms with Crippen LogP contribution in [-0.4, -0.2) is 40.4 Å². The van der Waals surface area contributed by atoms with Crippen LogP contribution in [0.4, 0.5) is 18.9 Å². The third-order valence-corrected chi connectivity index (χ3v) is 8.52. The number of fused-ring (bicyclic) bond motifs is 4. The number of halogens is 4. The molecule has 2 N–H and O–H groups in total. The Hall–Kier alpha value is -4.78. The number of aromatic amines is 1. The van der Waals surface area contributed by atoms with Crippen LogP contribution in [0.2, 0.25) is 5.02 Å². The van der Waals surface area contributed by atoms with E-state index in [0.29, 0.717) is 35.1 Å². The van der Waals surface area contributed by atoms with Crippen molar-refractivity contribution in [1.82, 2.24) is 34.5 Å². The second-order valence-corrected chi connectivity index (χ2v) is 11.4. The number of nitrogens with one attached hydrogen (secondary N) is 2. The van der Waals surface area contributed by atoms with Gasteiger partial charge in [-0.1, -0.05) is 22.9 Å². The highest BCUT2D eigenvalue weighted by Crippen LogP contribution is 2.59. The Morgan fingerprint density at radius 1 is 1.05 bits per heavy atom. The molecule has 0 saturated heterocycles. The van der Waals surface area contributed by atoms with Gasteiger partial charge in [0.25, 0.3) is 5.56 Å². The number of carbonyl (C=O) groups excluding carboxylic acids is 1. The molecular weight excluding hydrogens is 585 g/mol. The van der Waals surface area contributed by atoms with Crippen LogP contribution in [0, 0.1) is 5.92 Å². The summed E-state index contributed by atoms with van der Waals surface area (Å²) in [6.45, 7) is 0. The third-order valence-electron chi connectivity index (χ3n) is 8.29. The van der Waals surface area contributed by atoms with E-state index in [9.17, 15) is 22.8 Å². The van der Waals surface area contributed by atoms with Crippen molar-refractivity contribution in [2.75, 3.05) is 5.32 Å². The lowest BCUT2D eigenvalue weighted by Crippen LogP contribution is -2.27. The molecule has 5 heterocycles. The number of anilines is 1. The predicted molar refractivity (Wildman–Crippen MR) is 149 cm³/mol. The molecule has 1 saturated carbocycles. The largest absolute Gasteiger partial charge is 0.436 e. The molecular formula is C29H20ClF3N8O2. The molecule has 1 fully saturated rings. The number of benzene rings is 2. The number of imidazole rings is 1. The number of hydrogen-bond donors (Lipinski definition) is 2. The van der Waals surface area contributed by atoms with Gasteiger partial charge in [0.15, 0.2) is 5.69 Å². The van der Waals surface area contributed by atoms with Gasteiger partial charge in [-0.15, -0.1) is 5.10 Å². The van der Waals surface area contributed by atoms with Crippen molar-refractivity contribution in [2.24, 2.45) is 5.92 Å². The number of aryl methyl sites for hydroxylation is 1. The molecule has 0 radical (unpaired) electrons. The minimum atomic E-state index is -4.66. The van der Waals surface area contributed by atoms with Crippen LogP contribution in [0.3, 0.4) is 0 Å². The van der Waals surface area contributed by atoms with E-state index < -0.39 is 11.9 Å². The van der Waals surface area contributed by atoms with Crippen molar-refractivity contribution in [3.05, 3.63) is 93.1 Å². The van der Waals surface area contributed by atoms with Crippen LogP contribution < -0.4 is 10.9 Å². The predicted octanol–water partition coefficient (Wildman–Crippen LogP) is 5.14. The highest BCUT2D eigenvalue weighted by atomic mass is 35.5. The minimum absolute atomic E-state index is 0.00532. The summed E-state index contributed by atoms with van der Waals surface area (Å²) in [5.41, 5.74) is 3.04. The SMILES string of the molecule is O=C1CCc2cc(-c3cnc(C4C5CC5c5nc(-c6cc(Cl)ccc6-n6cc(C(F)(F)F)nn6)cc(=O)n54)[nH]3)ccc2N1. The maximum absolute atomic E-state index is 13.6. The Labute approximate surface area is 245 Å². The van der Waals surface area contributed by atoms with Crippen LogP contribution in [0.15, 0.2) is 59.7 Å². The molecule has 216 valence electrons. The van der Waals surface area contributed by atoms with Gasteiger partial charge in [0.1, 0.15) is 11.6 Å². The van der Waals surface area contributed by atoms with E-state index in [2.05, 4.69) is 25.6 Å². The van der Waals surface area contributed by atoms with E-state index in [1.54, 1.807) is 16.8 Å². The van der Waals surface area contributed by atoms with E-state index in [1.807, 2.05) is 18.2 Å². The summed E-state index contributed by atoms with van der Waals surface area (Å²) < 4.78 is 42.2. The molecule has 0 spiro atoms. The van der Waals surface area contributed by atoms with E-state index in [1.165, 1.54) is 18.2 Å². The van der Waals surface area contributed by atoms with Gasteiger partial charge < -0.3 is 10.3 Å². The highest BCUT2D eigenvalue weighted by Gasteiger charge is 2.55. The molecule has 1 amide bonds. The topological polar surface area (TPSA) is 123 Å². The van der Waals surface area contributed by atoms with Crippen LogP contribution >= 0.6 is 11.6 Å². The molecule has 0 bridgehead atoms. The first-order chi connectivity index (χ1) is 20.6. The van der Waals surface area contributed by atoms with E-state index in [-0.39, 0.29) is 40.7 Å². The van der Waals surface area contributed by atoms with Crippen molar-refractivity contribution in [2.45, 2.75) is 37.4 Å². The number of alkyl halides is 3. The summed E-state index contributed by atoms with van der Waals surface area (Å²) in [6, 6.07) is 11.4. The van der Waals surface area contributed by atoms with Gasteiger partial charge in [0.05, 0.1) is 35.5 Å². The Morgan fingerprint density at radius 2 is 1.91 bits per heavy atom. The van der Waals surface area contributed by atoms with Crippen LogP contribution in [0.5, 0.6) is 0 Å². The van der Waals surface area contributed by atoms with Gasteiger partial charge in [-0.3, -0.25) is 14.2 Å². The fourth-order valence-corrected chi connectivity index (χ4v) is 6.35. The summed E-state index contributed by atoms with van der Waals surface area (Å²) in [6.07, 6.45) is -0.202. The first-order valence-electron chi connectivity index (χ1n) is 13.6. The van der Waals surface area contributed by atoms with Gasteiger partial charge >= 0.3 is 6.18 Å². The van der Waals surface area contributed by atoms with Crippen LogP contribution in [0.1, 0.15) is 47.7 Å². The molecule has 3 unspecified atom stereocenters. The van der Waals surface area contributed by atoms with Crippen molar-refractivity contribution in [3.8, 4) is 28.2 Å². The average Bonchev–Trinajstić information content (AvgIpc) is 3.30. The van der Waals surface area contributed by atoms with E-state index in [0.717, 1.165) is 39.8 Å². The Morgan fingerprint density at radius 3 is 2.72 bits per heavy atom. The quantitative estimate of drug-likeness (QED) is 0.293. The van der Waals surface area contributed by atoms with Gasteiger partial charge in [-0.05, 0) is 60.2 Å². The maximum Gasteiger partial charge on any atom is 0.436 e. The summed E-state index contributed by atoms with van der Waals surface area (Å²) in [4.78, 5) is 38.2. The average molecular weight is 605 g/mol. The Kier molecular flexibility index (Phi) is 5.48. The van der Waals surface area contributed by atoms with Crippen molar-refractivity contribution in [1.29, 1.82) is 0 Å². The molecule has 43 heavy (non-hydrogen) atoms. The fraction of sp³-hybridized carbons (Fsp3) is 0.241. The maximum atomic E-state index is 13.6. The number of H-pyrrole nitrogens is 1. The van der Waals surface area contributed by atoms with Crippen LogP contribution in [-0.2, 0) is 17.4 Å². The standard InChI is InChI=1S/C29H20ClF3N8O2/c30-15-3-5-22(40-12-23(38-39-40)29(31,32)33)18(8-15)20-10-25(43)41-26(16-9-17(16)28(41)37-20)27-34-11-21(36-27)14-1-4-19-13(7-14)2-6-24(42)35-19/h1,3-5,7-8,10-12,16-17,26H,2,6,9H2,(H,34,36)(H,35,42). The first-order valence-corrected chi connectivity index (χ1v) is 13.9. The van der Waals surface area contributed by atoms with Crippen molar-refractivity contribution >= 4 is 23.2 Å². The lowest BCUT2D eigenvalue weighted by molar-refractivity contribution is -0.141. The highest BCUT2D eigenvalue weighted by molar-refractivity contribution is 6.31. The zero-order chi connectivity index (χ0) is 29.6. The summed E-state index contributed by atoms with van der Waals surface area (Å²) in [5, 5.41) is 10.1. The Balaban J connectivity index is 1.15. The molecule has 8 rings (SSSR count). The minimum Gasteiger partial charge on any atom is -0.340 e. The van der Waals surface area contributed by atoms with Crippen molar-refractivity contribution < 1.29 is 18.0 Å². The number of nitrogens with zero attached hydrogens (tertiary/aromatic N) is 6. The molecule has 3 aromatic heterocycles.